The van der Waals surface area contributed by atoms with Gasteiger partial charge in [0.25, 0.3) is 0 Å². The molecule has 0 N–H and O–H groups in total. The minimum absolute atomic E-state index is 0. The van der Waals surface area contributed by atoms with Gasteiger partial charge in [-0.25, -0.2) is 9.48 Å². The lowest BCUT2D eigenvalue weighted by Gasteiger charge is -2.14. The molecule has 2 aromatic carbocycles. The molecule has 0 spiro atoms. The Morgan fingerprint density at radius 1 is 0.846 bits per heavy atom. The number of benzene rings is 2. The van der Waals surface area contributed by atoms with E-state index < -0.39 is 0 Å². The molecular formula is C23H27ClN2. The molecule has 0 saturated heterocycles. The van der Waals surface area contributed by atoms with Gasteiger partial charge >= 0.3 is 0 Å². The summed E-state index contributed by atoms with van der Waals surface area (Å²) in [5.41, 5.74) is 10.2. The lowest BCUT2D eigenvalue weighted by molar-refractivity contribution is -0.425. The van der Waals surface area contributed by atoms with E-state index in [0.29, 0.717) is 0 Å². The van der Waals surface area contributed by atoms with Crippen molar-refractivity contribution < 1.29 is 17.0 Å². The topological polar surface area (TPSA) is 6.25 Å². The van der Waals surface area contributed by atoms with E-state index in [1.54, 1.807) is 0 Å². The van der Waals surface area contributed by atoms with Crippen LogP contribution in [0.3, 0.4) is 0 Å². The monoisotopic (exact) mass is 366 g/mol. The summed E-state index contributed by atoms with van der Waals surface area (Å²) in [6, 6.07) is 8.84. The first-order chi connectivity index (χ1) is 11.9. The lowest BCUT2D eigenvalue weighted by atomic mass is 10.0. The molecule has 2 nitrogen and oxygen atoms in total. The Hall–Kier alpha value is -2.32. The van der Waals surface area contributed by atoms with Gasteiger partial charge in [0.05, 0.1) is 0 Å². The van der Waals surface area contributed by atoms with Gasteiger partial charge in [-0.1, -0.05) is 25.3 Å². The van der Waals surface area contributed by atoms with Crippen molar-refractivity contribution in [3.63, 3.8) is 0 Å². The van der Waals surface area contributed by atoms with Crippen LogP contribution in [0.2, 0.25) is 0 Å². The van der Waals surface area contributed by atoms with Crippen LogP contribution in [0.5, 0.6) is 0 Å². The molecule has 1 aliphatic rings. The van der Waals surface area contributed by atoms with E-state index in [0.717, 1.165) is 13.1 Å². The molecule has 0 saturated carbocycles. The quantitative estimate of drug-likeness (QED) is 0.753. The number of rotatable bonds is 4. The van der Waals surface area contributed by atoms with E-state index in [1.165, 1.54) is 44.8 Å². The first-order valence-corrected chi connectivity index (χ1v) is 8.80. The number of hydrogen-bond acceptors (Lipinski definition) is 1. The summed E-state index contributed by atoms with van der Waals surface area (Å²) >= 11 is 0. The summed E-state index contributed by atoms with van der Waals surface area (Å²) in [5, 5.41) is 0. The summed E-state index contributed by atoms with van der Waals surface area (Å²) in [4.78, 5) is 2.37. The maximum atomic E-state index is 3.89. The zero-order chi connectivity index (χ0) is 18.1. The zero-order valence-corrected chi connectivity index (χ0v) is 16.9. The van der Waals surface area contributed by atoms with E-state index in [-0.39, 0.29) is 12.4 Å². The first kappa shape index (κ1) is 20.0. The Bertz CT molecular complexity index is 847. The molecule has 0 aromatic heterocycles. The SMILES string of the molecule is C=Cc1cc(C)c(N2C=[N+](c3c(C)cc(C=C)cc3C)CC2)c(C)c1.[Cl-]. The van der Waals surface area contributed by atoms with Crippen molar-refractivity contribution in [1.82, 2.24) is 0 Å². The Morgan fingerprint density at radius 2 is 1.31 bits per heavy atom. The van der Waals surface area contributed by atoms with Crippen molar-refractivity contribution in [2.75, 3.05) is 18.0 Å². The third-order valence-electron chi connectivity index (χ3n) is 4.93. The average Bonchev–Trinajstić information content (AvgIpc) is 3.02. The molecule has 0 aliphatic carbocycles. The van der Waals surface area contributed by atoms with Gasteiger partial charge in [-0.15, -0.1) is 0 Å². The van der Waals surface area contributed by atoms with Crippen molar-refractivity contribution in [2.45, 2.75) is 27.7 Å². The molecule has 136 valence electrons. The summed E-state index contributed by atoms with van der Waals surface area (Å²) in [7, 11) is 0. The minimum atomic E-state index is 0. The Labute approximate surface area is 163 Å². The fourth-order valence-electron chi connectivity index (χ4n) is 3.96. The highest BCUT2D eigenvalue weighted by atomic mass is 35.5. The molecule has 0 atom stereocenters. The van der Waals surface area contributed by atoms with E-state index in [4.69, 9.17) is 0 Å². The van der Waals surface area contributed by atoms with Crippen LogP contribution in [0.1, 0.15) is 33.4 Å². The fraction of sp³-hybridized carbons (Fsp3) is 0.261. The molecule has 0 amide bonds. The molecule has 0 unspecified atom stereocenters. The smallest absolute Gasteiger partial charge is 0.244 e. The van der Waals surface area contributed by atoms with Crippen LogP contribution in [-0.2, 0) is 0 Å². The zero-order valence-electron chi connectivity index (χ0n) is 16.1. The summed E-state index contributed by atoms with van der Waals surface area (Å²) in [6.45, 7) is 18.5. The molecule has 3 heteroatoms. The van der Waals surface area contributed by atoms with Crippen molar-refractivity contribution in [1.29, 1.82) is 0 Å². The van der Waals surface area contributed by atoms with Crippen LogP contribution < -0.4 is 17.3 Å². The van der Waals surface area contributed by atoms with Crippen molar-refractivity contribution in [3.05, 3.63) is 70.8 Å². The maximum Gasteiger partial charge on any atom is 0.244 e. The van der Waals surface area contributed by atoms with Gasteiger partial charge in [-0.2, -0.15) is 0 Å². The largest absolute Gasteiger partial charge is 1.00 e. The summed E-state index contributed by atoms with van der Waals surface area (Å²) < 4.78 is 2.37. The molecular weight excluding hydrogens is 340 g/mol. The Morgan fingerprint density at radius 3 is 1.77 bits per heavy atom. The van der Waals surface area contributed by atoms with E-state index >= 15 is 0 Å². The highest BCUT2D eigenvalue weighted by Crippen LogP contribution is 2.30. The highest BCUT2D eigenvalue weighted by molar-refractivity contribution is 5.82. The van der Waals surface area contributed by atoms with Crippen LogP contribution in [0, 0.1) is 27.7 Å². The predicted molar refractivity (Wildman–Crippen MR) is 110 cm³/mol. The second-order valence-electron chi connectivity index (χ2n) is 6.92. The normalized spacial score (nSPS) is 13.2. The van der Waals surface area contributed by atoms with Gasteiger partial charge in [0.15, 0.2) is 0 Å². The maximum absolute atomic E-state index is 3.89. The van der Waals surface area contributed by atoms with Gasteiger partial charge in [0.2, 0.25) is 6.34 Å². The first-order valence-electron chi connectivity index (χ1n) is 8.80. The van der Waals surface area contributed by atoms with Crippen LogP contribution in [0.4, 0.5) is 11.4 Å². The van der Waals surface area contributed by atoms with Crippen molar-refractivity contribution in [3.8, 4) is 0 Å². The highest BCUT2D eigenvalue weighted by Gasteiger charge is 2.27. The van der Waals surface area contributed by atoms with Gasteiger partial charge in [0.1, 0.15) is 24.5 Å². The molecule has 0 bridgehead atoms. The fourth-order valence-corrected chi connectivity index (χ4v) is 3.96. The average molecular weight is 367 g/mol. The number of hydrogen-bond donors (Lipinski definition) is 0. The molecule has 0 fully saturated rings. The van der Waals surface area contributed by atoms with Gasteiger partial charge in [0, 0.05) is 0 Å². The number of anilines is 1. The van der Waals surface area contributed by atoms with Crippen molar-refractivity contribution >= 4 is 29.9 Å². The standard InChI is InChI=1S/C23H27N2.ClH/c1-7-20-11-16(3)22(17(4)12-20)24-9-10-25(15-24)23-18(5)13-21(8-2)14-19(23)6;/h7-8,11-15H,1-2,9-10H2,3-6H3;1H/q+1;/p-1. The van der Waals surface area contributed by atoms with Crippen LogP contribution in [0.25, 0.3) is 12.2 Å². The number of nitrogens with zero attached hydrogens (tertiary/aromatic N) is 2. The van der Waals surface area contributed by atoms with Crippen molar-refractivity contribution in [2.24, 2.45) is 0 Å². The Balaban J connectivity index is 0.00000243. The minimum Gasteiger partial charge on any atom is -1.00 e. The molecule has 2 aromatic rings. The lowest BCUT2D eigenvalue weighted by Crippen LogP contribution is -3.00. The van der Waals surface area contributed by atoms with Gasteiger partial charge in [-0.3, -0.25) is 0 Å². The van der Waals surface area contributed by atoms with Gasteiger partial charge in [-0.05, 0) is 85.3 Å². The second-order valence-corrected chi connectivity index (χ2v) is 6.92. The predicted octanol–water partition coefficient (Wildman–Crippen LogP) is 2.40. The molecule has 3 rings (SSSR count). The summed E-state index contributed by atoms with van der Waals surface area (Å²) in [6.07, 6.45) is 6.08. The molecule has 1 heterocycles. The molecule has 26 heavy (non-hydrogen) atoms. The van der Waals surface area contributed by atoms with Crippen LogP contribution in [-0.4, -0.2) is 24.0 Å². The van der Waals surface area contributed by atoms with Crippen LogP contribution >= 0.6 is 0 Å². The number of halogens is 1. The molecule has 1 aliphatic heterocycles. The summed E-state index contributed by atoms with van der Waals surface area (Å²) in [5.74, 6) is 0. The number of aryl methyl sites for hydroxylation is 4. The van der Waals surface area contributed by atoms with E-state index in [2.05, 4.69) is 80.9 Å². The third-order valence-corrected chi connectivity index (χ3v) is 4.93. The Kier molecular flexibility index (Phi) is 6.09. The van der Waals surface area contributed by atoms with Gasteiger partial charge < -0.3 is 12.4 Å². The van der Waals surface area contributed by atoms with E-state index in [9.17, 15) is 0 Å². The molecule has 0 radical (unpaired) electrons. The van der Waals surface area contributed by atoms with E-state index in [1.807, 2.05) is 12.2 Å². The second kappa shape index (κ2) is 7.92. The van der Waals surface area contributed by atoms with Crippen LogP contribution in [0.15, 0.2) is 37.4 Å². The third kappa shape index (κ3) is 3.61.